The molecule has 0 bridgehead atoms. The first-order valence-corrected chi connectivity index (χ1v) is 7.46. The average Bonchev–Trinajstić information content (AvgIpc) is 2.44. The van der Waals surface area contributed by atoms with Gasteiger partial charge < -0.3 is 20.5 Å². The summed E-state index contributed by atoms with van der Waals surface area (Å²) >= 11 is 0. The van der Waals surface area contributed by atoms with Crippen LogP contribution in [0.1, 0.15) is 39.4 Å². The molecule has 0 aliphatic heterocycles. The van der Waals surface area contributed by atoms with E-state index in [0.717, 1.165) is 37.6 Å². The van der Waals surface area contributed by atoms with E-state index in [1.54, 1.807) is 7.11 Å². The zero-order chi connectivity index (χ0) is 15.7. The monoisotopic (exact) mass is 296 g/mol. The molecule has 0 fully saturated rings. The van der Waals surface area contributed by atoms with Gasteiger partial charge in [0, 0.05) is 32.9 Å². The third-order valence-electron chi connectivity index (χ3n) is 3.16. The van der Waals surface area contributed by atoms with Gasteiger partial charge in [0.1, 0.15) is 18.2 Å². The molecule has 3 N–H and O–H groups in total. The minimum Gasteiger partial charge on any atom is -0.396 e. The molecule has 120 valence electrons. The van der Waals surface area contributed by atoms with Gasteiger partial charge in [-0.2, -0.15) is 0 Å². The summed E-state index contributed by atoms with van der Waals surface area (Å²) in [6, 6.07) is 1.91. The molecule has 0 saturated heterocycles. The Kier molecular flexibility index (Phi) is 7.39. The van der Waals surface area contributed by atoms with E-state index >= 15 is 0 Å². The second-order valence-corrected chi connectivity index (χ2v) is 5.86. The Bertz CT molecular complexity index is 400. The van der Waals surface area contributed by atoms with E-state index in [-0.39, 0.29) is 12.0 Å². The lowest BCUT2D eigenvalue weighted by Crippen LogP contribution is -2.24. The second-order valence-electron chi connectivity index (χ2n) is 5.86. The normalized spacial score (nSPS) is 11.5. The van der Waals surface area contributed by atoms with Gasteiger partial charge in [-0.1, -0.05) is 13.8 Å². The Morgan fingerprint density at radius 1 is 1.24 bits per heavy atom. The zero-order valence-corrected chi connectivity index (χ0v) is 13.6. The maximum absolute atomic E-state index is 8.94. The largest absolute Gasteiger partial charge is 0.396 e. The van der Waals surface area contributed by atoms with Crippen LogP contribution in [-0.2, 0) is 11.3 Å². The number of nitrogens with zero attached hydrogens (tertiary/aromatic N) is 2. The van der Waals surface area contributed by atoms with Crippen molar-refractivity contribution in [3.8, 4) is 0 Å². The number of aliphatic hydroxyl groups is 1. The number of methoxy groups -OCH3 is 1. The number of nitrogens with one attached hydrogen (secondary N) is 2. The minimum atomic E-state index is 0.105. The fourth-order valence-corrected chi connectivity index (χ4v) is 2.03. The number of ether oxygens (including phenoxy) is 1. The third-order valence-corrected chi connectivity index (χ3v) is 3.16. The molecule has 0 saturated carbocycles. The number of hydrogen-bond acceptors (Lipinski definition) is 6. The predicted octanol–water partition coefficient (Wildman–Crippen LogP) is 2.27. The van der Waals surface area contributed by atoms with Crippen LogP contribution in [0.2, 0.25) is 0 Å². The van der Waals surface area contributed by atoms with Crippen molar-refractivity contribution in [2.24, 2.45) is 5.41 Å². The number of hydrogen-bond donors (Lipinski definition) is 3. The summed E-state index contributed by atoms with van der Waals surface area (Å²) in [5, 5.41) is 15.5. The lowest BCUT2D eigenvalue weighted by atomic mass is 9.88. The van der Waals surface area contributed by atoms with Gasteiger partial charge in [-0.15, -0.1) is 0 Å². The maximum atomic E-state index is 8.94. The Hall–Kier alpha value is -1.40. The van der Waals surface area contributed by atoms with Gasteiger partial charge in [0.2, 0.25) is 0 Å². The molecule has 1 rings (SSSR count). The molecule has 6 nitrogen and oxygen atoms in total. The van der Waals surface area contributed by atoms with Crippen LogP contribution >= 0.6 is 0 Å². The van der Waals surface area contributed by atoms with Gasteiger partial charge in [0.05, 0.1) is 0 Å². The van der Waals surface area contributed by atoms with Gasteiger partial charge in [0.25, 0.3) is 0 Å². The first kappa shape index (κ1) is 17.7. The summed E-state index contributed by atoms with van der Waals surface area (Å²) in [4.78, 5) is 8.84. The highest BCUT2D eigenvalue weighted by atomic mass is 16.5. The smallest absolute Gasteiger partial charge is 0.158 e. The standard InChI is InChI=1S/C15H28N4O2/c1-5-16-12-9-13(19-14(18-12)10-21-4)17-11-15(2,3)7-6-8-20/h9,20H,5-8,10-11H2,1-4H3,(H2,16,17,18,19). The highest BCUT2D eigenvalue weighted by Crippen LogP contribution is 2.23. The molecule has 1 aromatic rings. The van der Waals surface area contributed by atoms with Crippen molar-refractivity contribution in [1.82, 2.24) is 9.97 Å². The molecule has 21 heavy (non-hydrogen) atoms. The van der Waals surface area contributed by atoms with Crippen molar-refractivity contribution in [1.29, 1.82) is 0 Å². The predicted molar refractivity (Wildman–Crippen MR) is 85.5 cm³/mol. The zero-order valence-electron chi connectivity index (χ0n) is 13.6. The highest BCUT2D eigenvalue weighted by molar-refractivity contribution is 5.47. The van der Waals surface area contributed by atoms with Crippen LogP contribution in [0.15, 0.2) is 6.07 Å². The molecule has 0 radical (unpaired) electrons. The molecule has 0 aliphatic carbocycles. The summed E-state index contributed by atoms with van der Waals surface area (Å²) in [5.74, 6) is 2.26. The molecule has 1 aromatic heterocycles. The van der Waals surface area contributed by atoms with E-state index in [9.17, 15) is 0 Å². The highest BCUT2D eigenvalue weighted by Gasteiger charge is 2.17. The van der Waals surface area contributed by atoms with E-state index < -0.39 is 0 Å². The van der Waals surface area contributed by atoms with Gasteiger partial charge in [-0.3, -0.25) is 0 Å². The van der Waals surface area contributed by atoms with Crippen LogP contribution < -0.4 is 10.6 Å². The lowest BCUT2D eigenvalue weighted by molar-refractivity contribution is 0.178. The Balaban J connectivity index is 2.72. The van der Waals surface area contributed by atoms with Gasteiger partial charge >= 0.3 is 0 Å². The number of aromatic nitrogens is 2. The van der Waals surface area contributed by atoms with Crippen LogP contribution in [0, 0.1) is 5.41 Å². The van der Waals surface area contributed by atoms with Crippen LogP contribution in [0.3, 0.4) is 0 Å². The molecule has 1 heterocycles. The minimum absolute atomic E-state index is 0.105. The van der Waals surface area contributed by atoms with Crippen molar-refractivity contribution in [2.75, 3.05) is 37.4 Å². The molecule has 6 heteroatoms. The molecule has 0 aromatic carbocycles. The molecular weight excluding hydrogens is 268 g/mol. The number of anilines is 2. The molecule has 0 unspecified atom stereocenters. The van der Waals surface area contributed by atoms with E-state index in [0.29, 0.717) is 12.4 Å². The molecule has 0 amide bonds. The topological polar surface area (TPSA) is 79.3 Å². The number of rotatable bonds is 10. The van der Waals surface area contributed by atoms with Crippen molar-refractivity contribution in [3.05, 3.63) is 11.9 Å². The Morgan fingerprint density at radius 2 is 1.90 bits per heavy atom. The van der Waals surface area contributed by atoms with E-state index in [2.05, 4.69) is 34.4 Å². The fraction of sp³-hybridized carbons (Fsp3) is 0.733. The third kappa shape index (κ3) is 6.73. The second kappa shape index (κ2) is 8.79. The first-order valence-electron chi connectivity index (χ1n) is 7.46. The maximum Gasteiger partial charge on any atom is 0.158 e. The SMILES string of the molecule is CCNc1cc(NCC(C)(C)CCCO)nc(COC)n1. The molecule has 0 aliphatic rings. The van der Waals surface area contributed by atoms with Gasteiger partial charge in [0.15, 0.2) is 5.82 Å². The summed E-state index contributed by atoms with van der Waals surface area (Å²) < 4.78 is 5.11. The van der Waals surface area contributed by atoms with Crippen LogP contribution in [0.5, 0.6) is 0 Å². The molecule has 0 atom stereocenters. The summed E-state index contributed by atoms with van der Waals surface area (Å²) in [7, 11) is 1.63. The Morgan fingerprint density at radius 3 is 2.48 bits per heavy atom. The Labute approximate surface area is 127 Å². The van der Waals surface area contributed by atoms with Gasteiger partial charge in [-0.05, 0) is 25.2 Å². The van der Waals surface area contributed by atoms with Crippen LogP contribution in [0.25, 0.3) is 0 Å². The molecular formula is C15H28N4O2. The van der Waals surface area contributed by atoms with Gasteiger partial charge in [-0.25, -0.2) is 9.97 Å². The van der Waals surface area contributed by atoms with Crippen molar-refractivity contribution in [3.63, 3.8) is 0 Å². The van der Waals surface area contributed by atoms with E-state index in [4.69, 9.17) is 9.84 Å². The van der Waals surface area contributed by atoms with E-state index in [1.807, 2.05) is 13.0 Å². The van der Waals surface area contributed by atoms with Crippen molar-refractivity contribution in [2.45, 2.75) is 40.2 Å². The van der Waals surface area contributed by atoms with Crippen LogP contribution in [0.4, 0.5) is 11.6 Å². The summed E-state index contributed by atoms with van der Waals surface area (Å²) in [6.45, 7) is 8.62. The van der Waals surface area contributed by atoms with Crippen LogP contribution in [-0.4, -0.2) is 41.9 Å². The quantitative estimate of drug-likeness (QED) is 0.614. The van der Waals surface area contributed by atoms with Crippen molar-refractivity contribution < 1.29 is 9.84 Å². The lowest BCUT2D eigenvalue weighted by Gasteiger charge is -2.25. The van der Waals surface area contributed by atoms with Crippen molar-refractivity contribution >= 4 is 11.6 Å². The first-order chi connectivity index (χ1) is 10.0. The molecule has 0 spiro atoms. The average molecular weight is 296 g/mol. The summed E-state index contributed by atoms with van der Waals surface area (Å²) in [5.41, 5.74) is 0.105. The number of aliphatic hydroxyl groups excluding tert-OH is 1. The van der Waals surface area contributed by atoms with E-state index in [1.165, 1.54) is 0 Å². The summed E-state index contributed by atoms with van der Waals surface area (Å²) in [6.07, 6.45) is 1.78. The fourth-order valence-electron chi connectivity index (χ4n) is 2.03.